The highest BCUT2D eigenvalue weighted by Crippen LogP contribution is 2.28. The van der Waals surface area contributed by atoms with E-state index in [2.05, 4.69) is 4.74 Å². The molecule has 0 aliphatic heterocycles. The monoisotopic (exact) mass is 255 g/mol. The van der Waals surface area contributed by atoms with Gasteiger partial charge in [0.2, 0.25) is 0 Å². The summed E-state index contributed by atoms with van der Waals surface area (Å²) in [6.07, 6.45) is 2.72. The summed E-state index contributed by atoms with van der Waals surface area (Å²) in [6, 6.07) is 2.80. The van der Waals surface area contributed by atoms with Gasteiger partial charge in [-0.3, -0.25) is 10.1 Å². The largest absolute Gasteiger partial charge is 0.466 e. The van der Waals surface area contributed by atoms with Crippen molar-refractivity contribution >= 4 is 29.3 Å². The number of benzene rings is 1. The predicted molar refractivity (Wildman–Crippen MR) is 63.9 cm³/mol. The molecule has 6 heteroatoms. The van der Waals surface area contributed by atoms with Gasteiger partial charge in [0.15, 0.2) is 0 Å². The van der Waals surface area contributed by atoms with Gasteiger partial charge >= 0.3 is 5.97 Å². The standard InChI is InChI=1S/C11H10ClNO4/c1-7-5-10(13(15)16)9(12)6-8(7)3-4-11(14)17-2/h3-6H,1-2H3/b4-3+. The molecule has 0 aliphatic rings. The third-order valence-electron chi connectivity index (χ3n) is 2.13. The van der Waals surface area contributed by atoms with Crippen molar-refractivity contribution in [2.75, 3.05) is 7.11 Å². The molecule has 0 saturated heterocycles. The van der Waals surface area contributed by atoms with E-state index in [4.69, 9.17) is 11.6 Å². The Bertz CT molecular complexity index is 496. The number of carbonyl (C=O) groups excluding carboxylic acids is 1. The SMILES string of the molecule is COC(=O)/C=C/c1cc(Cl)c([N+](=O)[O-])cc1C. The van der Waals surface area contributed by atoms with E-state index in [9.17, 15) is 14.9 Å². The van der Waals surface area contributed by atoms with E-state index in [1.54, 1.807) is 6.92 Å². The molecule has 1 rings (SSSR count). The lowest BCUT2D eigenvalue weighted by molar-refractivity contribution is -0.384. The van der Waals surface area contributed by atoms with Crippen molar-refractivity contribution in [1.82, 2.24) is 0 Å². The molecule has 0 aromatic heterocycles. The molecule has 0 aliphatic carbocycles. The molecule has 1 aromatic rings. The first-order valence-electron chi connectivity index (χ1n) is 4.66. The highest BCUT2D eigenvalue weighted by Gasteiger charge is 2.13. The number of halogens is 1. The van der Waals surface area contributed by atoms with Crippen LogP contribution < -0.4 is 0 Å². The second-order valence-electron chi connectivity index (χ2n) is 3.27. The van der Waals surface area contributed by atoms with Crippen molar-refractivity contribution < 1.29 is 14.5 Å². The van der Waals surface area contributed by atoms with Crippen LogP contribution in [0.2, 0.25) is 5.02 Å². The summed E-state index contributed by atoms with van der Waals surface area (Å²) in [7, 11) is 1.27. The maximum absolute atomic E-state index is 10.9. The molecule has 0 spiro atoms. The molecule has 1 aromatic carbocycles. The second kappa shape index (κ2) is 5.45. The number of esters is 1. The summed E-state index contributed by atoms with van der Waals surface area (Å²) in [5.41, 5.74) is 1.13. The first-order chi connectivity index (χ1) is 7.95. The molecule has 0 atom stereocenters. The van der Waals surface area contributed by atoms with Crippen molar-refractivity contribution in [3.05, 3.63) is 44.5 Å². The number of aryl methyl sites for hydroxylation is 1. The molecule has 0 saturated carbocycles. The molecular formula is C11H10ClNO4. The van der Waals surface area contributed by atoms with Crippen molar-refractivity contribution in [1.29, 1.82) is 0 Å². The quantitative estimate of drug-likeness (QED) is 0.360. The van der Waals surface area contributed by atoms with Crippen molar-refractivity contribution in [2.24, 2.45) is 0 Å². The normalized spacial score (nSPS) is 10.5. The highest BCUT2D eigenvalue weighted by atomic mass is 35.5. The van der Waals surface area contributed by atoms with Crippen LogP contribution in [0.3, 0.4) is 0 Å². The third-order valence-corrected chi connectivity index (χ3v) is 2.44. The third kappa shape index (κ3) is 3.29. The van der Waals surface area contributed by atoms with E-state index in [1.807, 2.05) is 0 Å². The first kappa shape index (κ1) is 13.2. The van der Waals surface area contributed by atoms with Gasteiger partial charge in [0.25, 0.3) is 5.69 Å². The number of methoxy groups -OCH3 is 1. The summed E-state index contributed by atoms with van der Waals surface area (Å²) in [4.78, 5) is 21.0. The average molecular weight is 256 g/mol. The lowest BCUT2D eigenvalue weighted by Crippen LogP contribution is -1.95. The number of hydrogen-bond acceptors (Lipinski definition) is 4. The van der Waals surface area contributed by atoms with Crippen LogP contribution >= 0.6 is 11.6 Å². The van der Waals surface area contributed by atoms with Gasteiger partial charge in [-0.05, 0) is 30.2 Å². The van der Waals surface area contributed by atoms with E-state index in [1.165, 1.54) is 31.4 Å². The van der Waals surface area contributed by atoms with Crippen LogP contribution in [-0.4, -0.2) is 18.0 Å². The summed E-state index contributed by atoms with van der Waals surface area (Å²) in [6.45, 7) is 1.69. The minimum absolute atomic E-state index is 0.0325. The average Bonchev–Trinajstić information content (AvgIpc) is 2.28. The van der Waals surface area contributed by atoms with Crippen LogP contribution in [-0.2, 0) is 9.53 Å². The van der Waals surface area contributed by atoms with E-state index in [-0.39, 0.29) is 10.7 Å². The molecule has 17 heavy (non-hydrogen) atoms. The number of nitro groups is 1. The molecule has 0 heterocycles. The molecule has 0 unspecified atom stereocenters. The Labute approximate surface area is 103 Å². The van der Waals surface area contributed by atoms with Crippen LogP contribution in [0.1, 0.15) is 11.1 Å². The van der Waals surface area contributed by atoms with E-state index >= 15 is 0 Å². The molecule has 0 radical (unpaired) electrons. The molecule has 0 bridgehead atoms. The van der Waals surface area contributed by atoms with Gasteiger partial charge in [-0.2, -0.15) is 0 Å². The summed E-state index contributed by atoms with van der Waals surface area (Å²) in [5, 5.41) is 10.7. The van der Waals surface area contributed by atoms with Gasteiger partial charge in [0, 0.05) is 12.1 Å². The number of nitro benzene ring substituents is 1. The zero-order valence-electron chi connectivity index (χ0n) is 9.27. The van der Waals surface area contributed by atoms with Crippen molar-refractivity contribution in [3.63, 3.8) is 0 Å². The minimum atomic E-state index is -0.552. The minimum Gasteiger partial charge on any atom is -0.466 e. The van der Waals surface area contributed by atoms with Gasteiger partial charge in [-0.1, -0.05) is 11.6 Å². The van der Waals surface area contributed by atoms with E-state index in [0.717, 1.165) is 0 Å². The van der Waals surface area contributed by atoms with Crippen LogP contribution in [0.5, 0.6) is 0 Å². The molecule has 0 N–H and O–H groups in total. The number of nitrogens with zero attached hydrogens (tertiary/aromatic N) is 1. The molecule has 90 valence electrons. The highest BCUT2D eigenvalue weighted by molar-refractivity contribution is 6.32. The number of ether oxygens (including phenoxy) is 1. The lowest BCUT2D eigenvalue weighted by atomic mass is 10.1. The Kier molecular flexibility index (Phi) is 4.23. The second-order valence-corrected chi connectivity index (χ2v) is 3.68. The van der Waals surface area contributed by atoms with Gasteiger partial charge in [-0.15, -0.1) is 0 Å². The van der Waals surface area contributed by atoms with Gasteiger partial charge < -0.3 is 4.74 Å². The summed E-state index contributed by atoms with van der Waals surface area (Å²) < 4.78 is 4.44. The summed E-state index contributed by atoms with van der Waals surface area (Å²) in [5.74, 6) is -0.501. The predicted octanol–water partition coefficient (Wildman–Crippen LogP) is 2.74. The maximum Gasteiger partial charge on any atom is 0.330 e. The number of carbonyl (C=O) groups is 1. The molecule has 0 amide bonds. The van der Waals surface area contributed by atoms with Crippen LogP contribution in [0, 0.1) is 17.0 Å². The zero-order valence-corrected chi connectivity index (χ0v) is 10.0. The molecule has 5 nitrogen and oxygen atoms in total. The van der Waals surface area contributed by atoms with E-state index in [0.29, 0.717) is 11.1 Å². The Balaban J connectivity index is 3.12. The Morgan fingerprint density at radius 1 is 1.53 bits per heavy atom. The first-order valence-corrected chi connectivity index (χ1v) is 5.04. The van der Waals surface area contributed by atoms with Gasteiger partial charge in [0.1, 0.15) is 5.02 Å². The fourth-order valence-corrected chi connectivity index (χ4v) is 1.47. The van der Waals surface area contributed by atoms with Crippen LogP contribution in [0.25, 0.3) is 6.08 Å². The summed E-state index contributed by atoms with van der Waals surface area (Å²) >= 11 is 5.75. The fourth-order valence-electron chi connectivity index (χ4n) is 1.23. The maximum atomic E-state index is 10.9. The van der Waals surface area contributed by atoms with Gasteiger partial charge in [0.05, 0.1) is 12.0 Å². The Hall–Kier alpha value is -1.88. The smallest absolute Gasteiger partial charge is 0.330 e. The van der Waals surface area contributed by atoms with E-state index < -0.39 is 10.9 Å². The number of hydrogen-bond donors (Lipinski definition) is 0. The zero-order chi connectivity index (χ0) is 13.0. The topological polar surface area (TPSA) is 69.4 Å². The lowest BCUT2D eigenvalue weighted by Gasteiger charge is -2.02. The van der Waals surface area contributed by atoms with Crippen LogP contribution in [0.15, 0.2) is 18.2 Å². The van der Waals surface area contributed by atoms with Crippen molar-refractivity contribution in [3.8, 4) is 0 Å². The van der Waals surface area contributed by atoms with Crippen LogP contribution in [0.4, 0.5) is 5.69 Å². The number of rotatable bonds is 3. The van der Waals surface area contributed by atoms with Gasteiger partial charge in [-0.25, -0.2) is 4.79 Å². The fraction of sp³-hybridized carbons (Fsp3) is 0.182. The molecular weight excluding hydrogens is 246 g/mol. The Morgan fingerprint density at radius 3 is 2.71 bits per heavy atom. The van der Waals surface area contributed by atoms with Crippen molar-refractivity contribution in [2.45, 2.75) is 6.92 Å². The Morgan fingerprint density at radius 2 is 2.18 bits per heavy atom. The molecule has 0 fully saturated rings.